The van der Waals surface area contributed by atoms with Gasteiger partial charge < -0.3 is 9.47 Å². The Labute approximate surface area is 191 Å². The minimum Gasteiger partial charge on any atom is -0.493 e. The molecule has 0 atom stereocenters. The van der Waals surface area contributed by atoms with Gasteiger partial charge in [-0.15, -0.1) is 0 Å². The fraction of sp³-hybridized carbons (Fsp3) is 0.154. The fourth-order valence-corrected chi connectivity index (χ4v) is 4.79. The summed E-state index contributed by atoms with van der Waals surface area (Å²) in [7, 11) is 3.10. The Balaban J connectivity index is 1.86. The van der Waals surface area contributed by atoms with Gasteiger partial charge in [-0.3, -0.25) is 9.59 Å². The number of thioether (sulfide) groups is 1. The van der Waals surface area contributed by atoms with Gasteiger partial charge in [0.1, 0.15) is 0 Å². The molecular formula is C26H23NO4S. The number of hydrogen-bond donors (Lipinski definition) is 0. The monoisotopic (exact) mass is 445 g/mol. The number of carbonyl (C=O) groups excluding carboxylic acids is 2. The number of amides is 2. The molecule has 0 aliphatic carbocycles. The molecule has 4 rings (SSSR count). The second kappa shape index (κ2) is 8.93. The maximum atomic E-state index is 13.7. The lowest BCUT2D eigenvalue weighted by Gasteiger charge is -2.17. The summed E-state index contributed by atoms with van der Waals surface area (Å²) in [5.74, 6) is 0.355. The molecule has 1 aliphatic rings. The van der Waals surface area contributed by atoms with E-state index in [1.807, 2.05) is 62.4 Å². The number of aryl methyl sites for hydroxylation is 2. The summed E-state index contributed by atoms with van der Waals surface area (Å²) >= 11 is 1.29. The van der Waals surface area contributed by atoms with Crippen LogP contribution in [0.25, 0.3) is 5.57 Å². The molecule has 1 heterocycles. The predicted molar refractivity (Wildman–Crippen MR) is 127 cm³/mol. The summed E-state index contributed by atoms with van der Waals surface area (Å²) < 4.78 is 10.8. The maximum absolute atomic E-state index is 13.7. The highest BCUT2D eigenvalue weighted by Gasteiger charge is 2.40. The van der Waals surface area contributed by atoms with E-state index >= 15 is 0 Å². The lowest BCUT2D eigenvalue weighted by Crippen LogP contribution is -2.31. The molecule has 0 saturated carbocycles. The van der Waals surface area contributed by atoms with Gasteiger partial charge in [-0.1, -0.05) is 42.1 Å². The normalized spacial score (nSPS) is 13.7. The van der Waals surface area contributed by atoms with Crippen LogP contribution >= 0.6 is 11.8 Å². The zero-order valence-electron chi connectivity index (χ0n) is 18.3. The molecule has 0 fully saturated rings. The maximum Gasteiger partial charge on any atom is 0.272 e. The van der Waals surface area contributed by atoms with Gasteiger partial charge in [0, 0.05) is 4.90 Å². The molecule has 0 spiro atoms. The summed E-state index contributed by atoms with van der Waals surface area (Å²) in [6.45, 7) is 3.90. The highest BCUT2D eigenvalue weighted by atomic mass is 32.2. The number of rotatable bonds is 6. The van der Waals surface area contributed by atoms with Crippen molar-refractivity contribution < 1.29 is 19.1 Å². The minimum atomic E-state index is -0.356. The number of ether oxygens (including phenoxy) is 2. The molecule has 5 nitrogen and oxygen atoms in total. The number of carbonyl (C=O) groups is 2. The number of anilines is 1. The predicted octanol–water partition coefficient (Wildman–Crippen LogP) is 5.40. The average molecular weight is 446 g/mol. The number of methoxy groups -OCH3 is 2. The average Bonchev–Trinajstić information content (AvgIpc) is 3.02. The van der Waals surface area contributed by atoms with E-state index in [1.165, 1.54) is 16.7 Å². The van der Waals surface area contributed by atoms with Crippen LogP contribution in [-0.4, -0.2) is 26.0 Å². The van der Waals surface area contributed by atoms with Gasteiger partial charge >= 0.3 is 0 Å². The first-order chi connectivity index (χ1) is 15.4. The number of benzene rings is 3. The van der Waals surface area contributed by atoms with Gasteiger partial charge in [0.2, 0.25) is 0 Å². The van der Waals surface area contributed by atoms with Crippen molar-refractivity contribution in [1.82, 2.24) is 0 Å². The Morgan fingerprint density at radius 3 is 2.03 bits per heavy atom. The third kappa shape index (κ3) is 4.01. The topological polar surface area (TPSA) is 55.8 Å². The molecule has 6 heteroatoms. The third-order valence-corrected chi connectivity index (χ3v) is 6.23. The number of nitrogens with zero attached hydrogens (tertiary/aromatic N) is 1. The van der Waals surface area contributed by atoms with E-state index in [-0.39, 0.29) is 11.8 Å². The zero-order chi connectivity index (χ0) is 22.8. The van der Waals surface area contributed by atoms with Gasteiger partial charge in [0.15, 0.2) is 11.5 Å². The quantitative estimate of drug-likeness (QED) is 0.476. The Hall–Kier alpha value is -3.51. The van der Waals surface area contributed by atoms with Crippen molar-refractivity contribution in [3.05, 3.63) is 88.3 Å². The van der Waals surface area contributed by atoms with Crippen molar-refractivity contribution in [2.45, 2.75) is 18.7 Å². The van der Waals surface area contributed by atoms with Crippen LogP contribution in [-0.2, 0) is 9.59 Å². The van der Waals surface area contributed by atoms with Crippen molar-refractivity contribution >= 4 is 34.8 Å². The van der Waals surface area contributed by atoms with Gasteiger partial charge in [-0.05, 0) is 66.9 Å². The number of hydrogen-bond acceptors (Lipinski definition) is 5. The lowest BCUT2D eigenvalue weighted by molar-refractivity contribution is -0.119. The van der Waals surface area contributed by atoms with E-state index in [0.717, 1.165) is 16.0 Å². The lowest BCUT2D eigenvalue weighted by atomic mass is 10.1. The third-order valence-electron chi connectivity index (χ3n) is 5.14. The Kier molecular flexibility index (Phi) is 6.06. The summed E-state index contributed by atoms with van der Waals surface area (Å²) in [5.41, 5.74) is 3.49. The first-order valence-electron chi connectivity index (χ1n) is 10.1. The van der Waals surface area contributed by atoms with Crippen LogP contribution in [0, 0.1) is 13.8 Å². The van der Waals surface area contributed by atoms with Crippen molar-refractivity contribution in [3.63, 3.8) is 0 Å². The molecule has 0 aromatic heterocycles. The molecule has 3 aromatic carbocycles. The standard InChI is InChI=1S/C26H23NO4S/c1-16-12-17(2)14-19(13-16)27-25(28)23(18-10-11-21(30-3)22(15-18)31-4)24(26(27)29)32-20-8-6-5-7-9-20/h5-15H,1-4H3. The van der Waals surface area contributed by atoms with Crippen LogP contribution in [0.15, 0.2) is 76.5 Å². The van der Waals surface area contributed by atoms with E-state index in [0.29, 0.717) is 33.2 Å². The van der Waals surface area contributed by atoms with Crippen LogP contribution in [0.1, 0.15) is 16.7 Å². The van der Waals surface area contributed by atoms with Crippen LogP contribution in [0.3, 0.4) is 0 Å². The Morgan fingerprint density at radius 1 is 0.750 bits per heavy atom. The highest BCUT2D eigenvalue weighted by Crippen LogP contribution is 2.43. The smallest absolute Gasteiger partial charge is 0.272 e. The molecule has 2 amide bonds. The highest BCUT2D eigenvalue weighted by molar-refractivity contribution is 8.04. The molecule has 32 heavy (non-hydrogen) atoms. The summed E-state index contributed by atoms with van der Waals surface area (Å²) in [5, 5.41) is 0. The Morgan fingerprint density at radius 2 is 1.41 bits per heavy atom. The molecule has 0 N–H and O–H groups in total. The number of imide groups is 1. The molecular weight excluding hydrogens is 422 g/mol. The molecule has 0 radical (unpaired) electrons. The molecule has 3 aromatic rings. The van der Waals surface area contributed by atoms with Crippen molar-refractivity contribution in [3.8, 4) is 11.5 Å². The zero-order valence-corrected chi connectivity index (χ0v) is 19.2. The van der Waals surface area contributed by atoms with Gasteiger partial charge in [-0.2, -0.15) is 0 Å². The van der Waals surface area contributed by atoms with Crippen LogP contribution < -0.4 is 14.4 Å². The molecule has 0 unspecified atom stereocenters. The molecule has 0 saturated heterocycles. The van der Waals surface area contributed by atoms with E-state index in [4.69, 9.17) is 9.47 Å². The van der Waals surface area contributed by atoms with Gasteiger partial charge in [0.25, 0.3) is 11.8 Å². The van der Waals surface area contributed by atoms with E-state index in [2.05, 4.69) is 0 Å². The Bertz CT molecular complexity index is 1210. The second-order valence-electron chi connectivity index (χ2n) is 7.48. The van der Waals surface area contributed by atoms with Gasteiger partial charge in [0.05, 0.1) is 30.4 Å². The second-order valence-corrected chi connectivity index (χ2v) is 8.56. The van der Waals surface area contributed by atoms with Gasteiger partial charge in [-0.25, -0.2) is 4.90 Å². The van der Waals surface area contributed by atoms with Crippen molar-refractivity contribution in [2.24, 2.45) is 0 Å². The van der Waals surface area contributed by atoms with Crippen molar-refractivity contribution in [1.29, 1.82) is 0 Å². The first kappa shape index (κ1) is 21.7. The fourth-order valence-electron chi connectivity index (χ4n) is 3.77. The van der Waals surface area contributed by atoms with Crippen LogP contribution in [0.5, 0.6) is 11.5 Å². The largest absolute Gasteiger partial charge is 0.493 e. The summed E-state index contributed by atoms with van der Waals surface area (Å²) in [6.07, 6.45) is 0. The van der Waals surface area contributed by atoms with Crippen LogP contribution in [0.2, 0.25) is 0 Å². The van der Waals surface area contributed by atoms with E-state index in [9.17, 15) is 9.59 Å². The first-order valence-corrected chi connectivity index (χ1v) is 10.9. The molecule has 0 bridgehead atoms. The summed E-state index contributed by atoms with van der Waals surface area (Å²) in [4.78, 5) is 29.8. The summed E-state index contributed by atoms with van der Waals surface area (Å²) in [6, 6.07) is 20.5. The molecule has 162 valence electrons. The van der Waals surface area contributed by atoms with Crippen LogP contribution in [0.4, 0.5) is 5.69 Å². The minimum absolute atomic E-state index is 0.335. The van der Waals surface area contributed by atoms with Crippen molar-refractivity contribution in [2.75, 3.05) is 19.1 Å². The SMILES string of the molecule is COc1ccc(C2=C(Sc3ccccc3)C(=O)N(c3cc(C)cc(C)c3)C2=O)cc1OC. The van der Waals surface area contributed by atoms with E-state index in [1.54, 1.807) is 32.4 Å². The molecule has 1 aliphatic heterocycles. The van der Waals surface area contributed by atoms with E-state index < -0.39 is 0 Å².